The zero-order valence-electron chi connectivity index (χ0n) is 10.8. The summed E-state index contributed by atoms with van der Waals surface area (Å²) in [6.07, 6.45) is 2.16. The normalized spacial score (nSPS) is 24.6. The summed E-state index contributed by atoms with van der Waals surface area (Å²) < 4.78 is 5.44. The maximum atomic E-state index is 6.06. The van der Waals surface area contributed by atoms with Crippen LogP contribution in [-0.4, -0.2) is 31.8 Å². The molecular weight excluding hydrogens is 262 g/mol. The Morgan fingerprint density at radius 3 is 2.58 bits per heavy atom. The molecule has 0 aliphatic carbocycles. The van der Waals surface area contributed by atoms with Crippen LogP contribution in [0.4, 0.5) is 5.69 Å². The average Bonchev–Trinajstić information content (AvgIpc) is 2.83. The molecule has 2 aliphatic rings. The second-order valence-corrected chi connectivity index (χ2v) is 5.50. The van der Waals surface area contributed by atoms with Gasteiger partial charge in [-0.25, -0.2) is 0 Å². The lowest BCUT2D eigenvalue weighted by Gasteiger charge is -2.34. The van der Waals surface area contributed by atoms with Crippen LogP contribution in [0.5, 0.6) is 0 Å². The predicted molar refractivity (Wildman–Crippen MR) is 77.8 cm³/mol. The Hall–Kier alpha value is -1.26. The van der Waals surface area contributed by atoms with Crippen LogP contribution in [0.3, 0.4) is 0 Å². The number of hydrogen-bond acceptors (Lipinski definition) is 4. The first-order valence-electron chi connectivity index (χ1n) is 6.68. The van der Waals surface area contributed by atoms with Gasteiger partial charge in [-0.05, 0) is 43.0 Å². The molecule has 4 nitrogen and oxygen atoms in total. The van der Waals surface area contributed by atoms with Gasteiger partial charge < -0.3 is 15.4 Å². The summed E-state index contributed by atoms with van der Waals surface area (Å²) in [6, 6.07) is 8.14. The van der Waals surface area contributed by atoms with Crippen molar-refractivity contribution in [3.8, 4) is 0 Å². The van der Waals surface area contributed by atoms with E-state index in [-0.39, 0.29) is 0 Å². The molecule has 2 aliphatic heterocycles. The van der Waals surface area contributed by atoms with Crippen molar-refractivity contribution in [2.75, 3.05) is 24.7 Å². The van der Waals surface area contributed by atoms with Gasteiger partial charge in [-0.1, -0.05) is 11.6 Å². The van der Waals surface area contributed by atoms with Crippen molar-refractivity contribution in [3.63, 3.8) is 0 Å². The summed E-state index contributed by atoms with van der Waals surface area (Å²) in [6.45, 7) is 2.46. The molecule has 0 spiro atoms. The Morgan fingerprint density at radius 1 is 1.21 bits per heavy atom. The highest BCUT2D eigenvalue weighted by Crippen LogP contribution is 2.30. The van der Waals surface area contributed by atoms with E-state index in [9.17, 15) is 0 Å². The number of anilines is 1. The third kappa shape index (κ3) is 2.55. The number of halogens is 1. The van der Waals surface area contributed by atoms with Gasteiger partial charge in [-0.2, -0.15) is 0 Å². The molecule has 0 amide bonds. The maximum absolute atomic E-state index is 6.06. The second kappa shape index (κ2) is 5.39. The second-order valence-electron chi connectivity index (χ2n) is 5.06. The van der Waals surface area contributed by atoms with Gasteiger partial charge in [0.15, 0.2) is 5.96 Å². The monoisotopic (exact) mass is 279 g/mol. The highest BCUT2D eigenvalue weighted by atomic mass is 35.5. The van der Waals surface area contributed by atoms with Gasteiger partial charge >= 0.3 is 0 Å². The van der Waals surface area contributed by atoms with Crippen LogP contribution in [0.25, 0.3) is 0 Å². The minimum atomic E-state index is 0.352. The Kier molecular flexibility index (Phi) is 3.62. The van der Waals surface area contributed by atoms with Gasteiger partial charge in [0.05, 0.1) is 12.6 Å². The van der Waals surface area contributed by atoms with E-state index in [0.29, 0.717) is 17.9 Å². The number of benzene rings is 1. The molecule has 19 heavy (non-hydrogen) atoms. The molecule has 0 radical (unpaired) electrons. The molecule has 0 saturated carbocycles. The van der Waals surface area contributed by atoms with Crippen molar-refractivity contribution in [1.82, 2.24) is 0 Å². The van der Waals surface area contributed by atoms with Gasteiger partial charge in [0.1, 0.15) is 0 Å². The number of hydrogen-bond donors (Lipinski definition) is 1. The lowest BCUT2D eigenvalue weighted by atomic mass is 9.91. The fourth-order valence-corrected chi connectivity index (χ4v) is 3.03. The van der Waals surface area contributed by atoms with Gasteiger partial charge in [0, 0.05) is 23.9 Å². The topological polar surface area (TPSA) is 50.9 Å². The third-order valence-corrected chi connectivity index (χ3v) is 4.19. The van der Waals surface area contributed by atoms with Gasteiger partial charge in [0.25, 0.3) is 0 Å². The molecule has 1 aromatic rings. The zero-order valence-corrected chi connectivity index (χ0v) is 11.5. The van der Waals surface area contributed by atoms with Crippen molar-refractivity contribution in [1.29, 1.82) is 0 Å². The highest BCUT2D eigenvalue weighted by molar-refractivity contribution is 6.30. The first-order valence-corrected chi connectivity index (χ1v) is 7.06. The largest absolute Gasteiger partial charge is 0.381 e. The minimum Gasteiger partial charge on any atom is -0.381 e. The molecule has 3 rings (SSSR count). The molecule has 0 aromatic heterocycles. The number of aliphatic imine (C=N–C) groups is 1. The van der Waals surface area contributed by atoms with Crippen molar-refractivity contribution in [2.24, 2.45) is 16.6 Å². The maximum Gasteiger partial charge on any atom is 0.196 e. The predicted octanol–water partition coefficient (Wildman–Crippen LogP) is 2.27. The zero-order chi connectivity index (χ0) is 13.2. The fraction of sp³-hybridized carbons (Fsp3) is 0.500. The van der Waals surface area contributed by atoms with E-state index in [4.69, 9.17) is 22.1 Å². The first kappa shape index (κ1) is 12.8. The average molecular weight is 280 g/mol. The summed E-state index contributed by atoms with van der Waals surface area (Å²) in [5, 5.41) is 0.737. The van der Waals surface area contributed by atoms with Crippen LogP contribution in [0, 0.1) is 5.92 Å². The van der Waals surface area contributed by atoms with E-state index in [1.165, 1.54) is 0 Å². The molecule has 2 N–H and O–H groups in total. The standard InChI is InChI=1S/C14H18ClN3O/c15-11-1-3-12(4-2-11)18-13(9-17-14(18)16)10-5-7-19-8-6-10/h1-4,10,13H,5-9H2,(H2,16,17). The first-order chi connectivity index (χ1) is 9.25. The molecule has 102 valence electrons. The summed E-state index contributed by atoms with van der Waals surface area (Å²) in [4.78, 5) is 6.56. The summed E-state index contributed by atoms with van der Waals surface area (Å²) in [5.74, 6) is 1.20. The van der Waals surface area contributed by atoms with Crippen LogP contribution in [0.2, 0.25) is 5.02 Å². The van der Waals surface area contributed by atoms with E-state index in [2.05, 4.69) is 9.89 Å². The highest BCUT2D eigenvalue weighted by Gasteiger charge is 2.34. The summed E-state index contributed by atoms with van der Waals surface area (Å²) >= 11 is 5.94. The van der Waals surface area contributed by atoms with E-state index in [1.54, 1.807) is 0 Å². The number of nitrogens with two attached hydrogens (primary N) is 1. The Balaban J connectivity index is 1.83. The van der Waals surface area contributed by atoms with Gasteiger partial charge in [0.2, 0.25) is 0 Å². The van der Waals surface area contributed by atoms with Crippen LogP contribution < -0.4 is 10.6 Å². The van der Waals surface area contributed by atoms with Crippen molar-refractivity contribution in [2.45, 2.75) is 18.9 Å². The molecule has 0 bridgehead atoms. The third-order valence-electron chi connectivity index (χ3n) is 3.93. The number of guanidine groups is 1. The lowest BCUT2D eigenvalue weighted by molar-refractivity contribution is 0.0603. The van der Waals surface area contributed by atoms with Crippen LogP contribution in [0.15, 0.2) is 29.3 Å². The SMILES string of the molecule is NC1=NCC(C2CCOCC2)N1c1ccc(Cl)cc1. The Bertz CT molecular complexity index is 468. The summed E-state index contributed by atoms with van der Waals surface area (Å²) in [5.41, 5.74) is 7.13. The molecule has 2 heterocycles. The molecule has 1 saturated heterocycles. The number of rotatable bonds is 2. The summed E-state index contributed by atoms with van der Waals surface area (Å²) in [7, 11) is 0. The van der Waals surface area contributed by atoms with Crippen molar-refractivity contribution < 1.29 is 4.74 Å². The Morgan fingerprint density at radius 2 is 1.89 bits per heavy atom. The van der Waals surface area contributed by atoms with E-state index in [0.717, 1.165) is 43.3 Å². The van der Waals surface area contributed by atoms with Crippen molar-refractivity contribution >= 4 is 23.2 Å². The Labute approximate surface area is 118 Å². The fourth-order valence-electron chi connectivity index (χ4n) is 2.90. The van der Waals surface area contributed by atoms with E-state index in [1.807, 2.05) is 24.3 Å². The molecule has 1 fully saturated rings. The van der Waals surface area contributed by atoms with Crippen LogP contribution >= 0.6 is 11.6 Å². The molecule has 1 atom stereocenters. The van der Waals surface area contributed by atoms with Crippen LogP contribution in [0.1, 0.15) is 12.8 Å². The molecule has 1 unspecified atom stereocenters. The quantitative estimate of drug-likeness (QED) is 0.903. The number of nitrogens with zero attached hydrogens (tertiary/aromatic N) is 2. The molecule has 1 aromatic carbocycles. The minimum absolute atomic E-state index is 0.352. The number of ether oxygens (including phenoxy) is 1. The molecule has 5 heteroatoms. The lowest BCUT2D eigenvalue weighted by Crippen LogP contribution is -2.46. The van der Waals surface area contributed by atoms with E-state index < -0.39 is 0 Å². The molecular formula is C14H18ClN3O. The van der Waals surface area contributed by atoms with E-state index >= 15 is 0 Å². The van der Waals surface area contributed by atoms with Gasteiger partial charge in [-0.15, -0.1) is 0 Å². The van der Waals surface area contributed by atoms with Crippen molar-refractivity contribution in [3.05, 3.63) is 29.3 Å². The smallest absolute Gasteiger partial charge is 0.196 e. The van der Waals surface area contributed by atoms with Gasteiger partial charge in [-0.3, -0.25) is 4.99 Å². The van der Waals surface area contributed by atoms with Crippen LogP contribution in [-0.2, 0) is 4.74 Å².